The highest BCUT2D eigenvalue weighted by Crippen LogP contribution is 2.24. The van der Waals surface area contributed by atoms with E-state index in [2.05, 4.69) is 10.2 Å². The lowest BCUT2D eigenvalue weighted by molar-refractivity contribution is -0.384. The van der Waals surface area contributed by atoms with Crippen LogP contribution in [0.15, 0.2) is 52.9 Å². The molecule has 0 unspecified atom stereocenters. The topological polar surface area (TPSA) is 118 Å². The maximum absolute atomic E-state index is 12.0. The number of non-ortho nitro benzene ring substituents is 1. The Balaban J connectivity index is 1.46. The molecule has 0 aliphatic rings. The van der Waals surface area contributed by atoms with Crippen LogP contribution in [-0.2, 0) is 9.53 Å². The second kappa shape index (κ2) is 9.64. The van der Waals surface area contributed by atoms with Gasteiger partial charge in [-0.05, 0) is 50.1 Å². The predicted molar refractivity (Wildman–Crippen MR) is 107 cm³/mol. The summed E-state index contributed by atoms with van der Waals surface area (Å²) in [5.74, 6) is 0.703. The van der Waals surface area contributed by atoms with Crippen molar-refractivity contribution in [2.75, 3.05) is 6.61 Å². The van der Waals surface area contributed by atoms with E-state index in [1.165, 1.54) is 24.3 Å². The van der Waals surface area contributed by atoms with E-state index in [0.717, 1.165) is 11.3 Å². The van der Waals surface area contributed by atoms with Crippen LogP contribution in [0, 0.1) is 17.0 Å². The molecule has 1 heterocycles. The first-order valence-corrected chi connectivity index (χ1v) is 9.39. The number of hydrogen-bond donors (Lipinski definition) is 0. The van der Waals surface area contributed by atoms with Crippen LogP contribution in [0.3, 0.4) is 0 Å². The van der Waals surface area contributed by atoms with Crippen molar-refractivity contribution >= 4 is 11.7 Å². The third-order valence-corrected chi connectivity index (χ3v) is 4.21. The van der Waals surface area contributed by atoms with Gasteiger partial charge >= 0.3 is 5.97 Å². The molecule has 1 aromatic heterocycles. The van der Waals surface area contributed by atoms with Crippen LogP contribution in [0.1, 0.15) is 37.3 Å². The van der Waals surface area contributed by atoms with E-state index in [-0.39, 0.29) is 23.9 Å². The van der Waals surface area contributed by atoms with Crippen molar-refractivity contribution in [1.82, 2.24) is 10.2 Å². The summed E-state index contributed by atoms with van der Waals surface area (Å²) in [6.45, 7) is 4.02. The average Bonchev–Trinajstić information content (AvgIpc) is 3.22. The predicted octanol–water partition coefficient (Wildman–Crippen LogP) is 4.42. The van der Waals surface area contributed by atoms with E-state index in [4.69, 9.17) is 13.9 Å². The molecule has 0 aliphatic carbocycles. The van der Waals surface area contributed by atoms with E-state index in [0.29, 0.717) is 18.6 Å². The Morgan fingerprint density at radius 1 is 1.20 bits per heavy atom. The Kier molecular flexibility index (Phi) is 6.74. The molecule has 156 valence electrons. The summed E-state index contributed by atoms with van der Waals surface area (Å²) >= 11 is 0. The number of hydrogen-bond acceptors (Lipinski definition) is 8. The number of nitro groups is 1. The minimum atomic E-state index is -0.713. The fraction of sp³-hybridized carbons (Fsp3) is 0.286. The Morgan fingerprint density at radius 2 is 1.97 bits per heavy atom. The number of ether oxygens (including phenoxy) is 2. The van der Waals surface area contributed by atoms with Gasteiger partial charge in [-0.2, -0.15) is 0 Å². The molecular formula is C21H21N3O6. The Morgan fingerprint density at radius 3 is 2.67 bits per heavy atom. The van der Waals surface area contributed by atoms with Crippen molar-refractivity contribution in [2.45, 2.75) is 32.8 Å². The Labute approximate surface area is 172 Å². The highest BCUT2D eigenvalue weighted by atomic mass is 16.6. The summed E-state index contributed by atoms with van der Waals surface area (Å²) in [6, 6.07) is 13.4. The zero-order valence-electron chi connectivity index (χ0n) is 16.6. The first-order valence-electron chi connectivity index (χ1n) is 9.39. The second-order valence-corrected chi connectivity index (χ2v) is 6.65. The number of rotatable bonds is 9. The number of carbonyl (C=O) groups is 1. The van der Waals surface area contributed by atoms with Gasteiger partial charge in [0, 0.05) is 24.1 Å². The zero-order chi connectivity index (χ0) is 21.5. The number of esters is 1. The summed E-state index contributed by atoms with van der Waals surface area (Å²) in [4.78, 5) is 22.3. The molecule has 0 N–H and O–H groups in total. The highest BCUT2D eigenvalue weighted by molar-refractivity contribution is 5.69. The standard InChI is InChI=1S/C21H21N3O6/c1-14-5-3-6-18(13-14)28-12-4-7-19(25)29-15(2)20-22-23-21(30-20)16-8-10-17(11-9-16)24(26)27/h3,5-6,8-11,13,15H,4,7,12H2,1-2H3/t15-/m1/s1. The first-order chi connectivity index (χ1) is 14.4. The third-order valence-electron chi connectivity index (χ3n) is 4.21. The SMILES string of the molecule is Cc1cccc(OCCCC(=O)O[C@H](C)c2nnc(-c3ccc([N+](=O)[O-])cc3)o2)c1. The number of aryl methyl sites for hydroxylation is 1. The molecule has 3 rings (SSSR count). The van der Waals surface area contributed by atoms with Gasteiger partial charge in [0.1, 0.15) is 5.75 Å². The summed E-state index contributed by atoms with van der Waals surface area (Å²) in [6.07, 6.45) is -0.00820. The number of benzene rings is 2. The maximum atomic E-state index is 12.0. The van der Waals surface area contributed by atoms with Crippen LogP contribution >= 0.6 is 0 Å². The van der Waals surface area contributed by atoms with Gasteiger partial charge in [-0.3, -0.25) is 14.9 Å². The molecule has 9 heteroatoms. The van der Waals surface area contributed by atoms with E-state index >= 15 is 0 Å². The average molecular weight is 411 g/mol. The largest absolute Gasteiger partial charge is 0.494 e. The molecule has 0 fully saturated rings. The molecule has 0 radical (unpaired) electrons. The van der Waals surface area contributed by atoms with Gasteiger partial charge < -0.3 is 13.9 Å². The van der Waals surface area contributed by atoms with Gasteiger partial charge in [0.25, 0.3) is 11.6 Å². The summed E-state index contributed by atoms with van der Waals surface area (Å²) in [5, 5.41) is 18.5. The van der Waals surface area contributed by atoms with E-state index < -0.39 is 17.0 Å². The van der Waals surface area contributed by atoms with Gasteiger partial charge in [0.05, 0.1) is 11.5 Å². The van der Waals surface area contributed by atoms with Crippen LogP contribution in [0.25, 0.3) is 11.5 Å². The van der Waals surface area contributed by atoms with Gasteiger partial charge in [0.2, 0.25) is 5.89 Å². The first kappa shape index (κ1) is 21.0. The molecule has 2 aromatic carbocycles. The molecule has 0 aliphatic heterocycles. The lowest BCUT2D eigenvalue weighted by Gasteiger charge is -2.10. The van der Waals surface area contributed by atoms with E-state index in [1.54, 1.807) is 6.92 Å². The van der Waals surface area contributed by atoms with Crippen LogP contribution < -0.4 is 4.74 Å². The van der Waals surface area contributed by atoms with Crippen molar-refractivity contribution in [1.29, 1.82) is 0 Å². The molecular weight excluding hydrogens is 390 g/mol. The second-order valence-electron chi connectivity index (χ2n) is 6.65. The third kappa shape index (κ3) is 5.63. The Bertz CT molecular complexity index is 1020. The molecule has 0 spiro atoms. The molecule has 0 amide bonds. The van der Waals surface area contributed by atoms with Crippen molar-refractivity contribution in [3.05, 3.63) is 70.1 Å². The fourth-order valence-corrected chi connectivity index (χ4v) is 2.66. The molecule has 9 nitrogen and oxygen atoms in total. The van der Waals surface area contributed by atoms with Crippen LogP contribution in [0.2, 0.25) is 0 Å². The summed E-state index contributed by atoms with van der Waals surface area (Å²) in [7, 11) is 0. The zero-order valence-corrected chi connectivity index (χ0v) is 16.6. The van der Waals surface area contributed by atoms with Gasteiger partial charge in [0.15, 0.2) is 6.10 Å². The van der Waals surface area contributed by atoms with Crippen molar-refractivity contribution in [2.24, 2.45) is 0 Å². The van der Waals surface area contributed by atoms with Crippen molar-refractivity contribution < 1.29 is 23.6 Å². The van der Waals surface area contributed by atoms with E-state index in [1.807, 2.05) is 31.2 Å². The monoisotopic (exact) mass is 411 g/mol. The van der Waals surface area contributed by atoms with Crippen LogP contribution in [-0.4, -0.2) is 27.7 Å². The molecule has 30 heavy (non-hydrogen) atoms. The van der Waals surface area contributed by atoms with Gasteiger partial charge in [-0.1, -0.05) is 12.1 Å². The van der Waals surface area contributed by atoms with Crippen LogP contribution in [0.4, 0.5) is 5.69 Å². The number of carbonyl (C=O) groups excluding carboxylic acids is 1. The lowest BCUT2D eigenvalue weighted by atomic mass is 10.2. The highest BCUT2D eigenvalue weighted by Gasteiger charge is 2.19. The number of nitrogens with zero attached hydrogens (tertiary/aromatic N) is 3. The maximum Gasteiger partial charge on any atom is 0.306 e. The number of nitro benzene ring substituents is 1. The normalized spacial score (nSPS) is 11.7. The molecule has 1 atom stereocenters. The number of aromatic nitrogens is 2. The molecule has 3 aromatic rings. The fourth-order valence-electron chi connectivity index (χ4n) is 2.66. The Hall–Kier alpha value is -3.75. The van der Waals surface area contributed by atoms with E-state index in [9.17, 15) is 14.9 Å². The van der Waals surface area contributed by atoms with Crippen molar-refractivity contribution in [3.8, 4) is 17.2 Å². The van der Waals surface area contributed by atoms with Gasteiger partial charge in [-0.15, -0.1) is 10.2 Å². The lowest BCUT2D eigenvalue weighted by Crippen LogP contribution is -2.10. The summed E-state index contributed by atoms with van der Waals surface area (Å²) in [5.41, 5.74) is 1.60. The van der Waals surface area contributed by atoms with Crippen molar-refractivity contribution in [3.63, 3.8) is 0 Å². The minimum absolute atomic E-state index is 0.0350. The summed E-state index contributed by atoms with van der Waals surface area (Å²) < 4.78 is 16.5. The van der Waals surface area contributed by atoms with Gasteiger partial charge in [-0.25, -0.2) is 0 Å². The smallest absolute Gasteiger partial charge is 0.306 e. The molecule has 0 bridgehead atoms. The molecule has 0 saturated carbocycles. The minimum Gasteiger partial charge on any atom is -0.494 e. The van der Waals surface area contributed by atoms with Crippen LogP contribution in [0.5, 0.6) is 5.75 Å². The molecule has 0 saturated heterocycles. The quantitative estimate of drug-likeness (QED) is 0.220.